The second-order valence-corrected chi connectivity index (χ2v) is 9.55. The Morgan fingerprint density at radius 1 is 1.00 bits per heavy atom. The van der Waals surface area contributed by atoms with Gasteiger partial charge in [-0.05, 0) is 71.9 Å². The van der Waals surface area contributed by atoms with E-state index in [4.69, 9.17) is 11.5 Å². The number of nitrogens with zero attached hydrogens (tertiary/aromatic N) is 2. The fraction of sp³-hybridized carbons (Fsp3) is 0.143. The third kappa shape index (κ3) is 5.50. The van der Waals surface area contributed by atoms with Crippen LogP contribution < -0.4 is 21.7 Å². The molecule has 6 N–H and O–H groups in total. The zero-order valence-electron chi connectivity index (χ0n) is 20.8. The molecule has 0 aliphatic carbocycles. The number of benzene rings is 3. The molecule has 0 aliphatic heterocycles. The molecular formula is C28H27N5O4S. The van der Waals surface area contributed by atoms with Crippen LogP contribution >= 0.6 is 11.5 Å². The summed E-state index contributed by atoms with van der Waals surface area (Å²) in [7, 11) is 0. The Bertz CT molecular complexity index is 1490. The van der Waals surface area contributed by atoms with Crippen LogP contribution in [-0.4, -0.2) is 27.2 Å². The number of hydrogen-bond acceptors (Lipinski definition) is 7. The number of rotatable bonds is 8. The largest absolute Gasteiger partial charge is 0.508 e. The number of phenolic OH excluding ortho intramolecular Hbond substituents is 1. The van der Waals surface area contributed by atoms with Gasteiger partial charge in [0.25, 0.3) is 11.8 Å². The zero-order chi connectivity index (χ0) is 27.4. The van der Waals surface area contributed by atoms with Gasteiger partial charge in [-0.25, -0.2) is 0 Å². The van der Waals surface area contributed by atoms with Crippen LogP contribution in [0.1, 0.15) is 48.5 Å². The van der Waals surface area contributed by atoms with Crippen molar-refractivity contribution in [3.05, 3.63) is 106 Å². The van der Waals surface area contributed by atoms with E-state index in [1.165, 1.54) is 17.0 Å². The quantitative estimate of drug-likeness (QED) is 0.272. The van der Waals surface area contributed by atoms with E-state index in [-0.39, 0.29) is 28.6 Å². The Morgan fingerprint density at radius 3 is 2.29 bits per heavy atom. The van der Waals surface area contributed by atoms with Crippen LogP contribution in [0.4, 0.5) is 11.4 Å². The third-order valence-corrected chi connectivity index (χ3v) is 7.02. The summed E-state index contributed by atoms with van der Waals surface area (Å²) in [5.41, 5.74) is 14.8. The van der Waals surface area contributed by atoms with Crippen LogP contribution in [0, 0.1) is 13.8 Å². The van der Waals surface area contributed by atoms with Crippen molar-refractivity contribution in [3.63, 3.8) is 0 Å². The maximum Gasteiger partial charge on any atom is 0.273 e. The summed E-state index contributed by atoms with van der Waals surface area (Å²) in [6, 6.07) is 19.7. The molecule has 194 valence electrons. The summed E-state index contributed by atoms with van der Waals surface area (Å²) in [5, 5.41) is 12.8. The molecule has 9 nitrogen and oxygen atoms in total. The van der Waals surface area contributed by atoms with E-state index in [1.54, 1.807) is 24.3 Å². The average Bonchev–Trinajstić information content (AvgIpc) is 3.30. The number of aromatic hydroxyl groups is 1. The summed E-state index contributed by atoms with van der Waals surface area (Å²) in [4.78, 5) is 41.0. The molecule has 0 saturated heterocycles. The normalized spacial score (nSPS) is 11.5. The third-order valence-electron chi connectivity index (χ3n) is 6.17. The van der Waals surface area contributed by atoms with Gasteiger partial charge < -0.3 is 21.9 Å². The molecule has 0 unspecified atom stereocenters. The van der Waals surface area contributed by atoms with Gasteiger partial charge in [0.15, 0.2) is 5.69 Å². The average molecular weight is 530 g/mol. The smallest absolute Gasteiger partial charge is 0.273 e. The minimum absolute atomic E-state index is 0.0130. The first-order valence-electron chi connectivity index (χ1n) is 11.7. The Balaban J connectivity index is 1.85. The Kier molecular flexibility index (Phi) is 7.73. The summed E-state index contributed by atoms with van der Waals surface area (Å²) in [5.74, 6) is -1.92. The van der Waals surface area contributed by atoms with Crippen molar-refractivity contribution in [2.24, 2.45) is 5.73 Å². The number of nitrogens with one attached hydrogen (secondary N) is 1. The number of nitrogens with two attached hydrogens (primary N) is 2. The maximum absolute atomic E-state index is 14.1. The minimum Gasteiger partial charge on any atom is -0.508 e. The van der Waals surface area contributed by atoms with E-state index in [2.05, 4.69) is 9.69 Å². The summed E-state index contributed by atoms with van der Waals surface area (Å²) < 4.78 is 3.97. The Labute approximate surface area is 223 Å². The first kappa shape index (κ1) is 26.4. The van der Waals surface area contributed by atoms with Gasteiger partial charge in [0, 0.05) is 12.2 Å². The number of aryl methyl sites for hydroxylation is 2. The molecule has 4 rings (SSSR count). The number of anilines is 2. The lowest BCUT2D eigenvalue weighted by Crippen LogP contribution is -2.44. The van der Waals surface area contributed by atoms with Crippen molar-refractivity contribution >= 4 is 40.6 Å². The number of carbonyl (C=O) groups is 3. The number of primary amides is 1. The van der Waals surface area contributed by atoms with Gasteiger partial charge in [0.1, 0.15) is 16.7 Å². The van der Waals surface area contributed by atoms with Crippen LogP contribution in [0.15, 0.2) is 72.8 Å². The zero-order valence-corrected chi connectivity index (χ0v) is 21.7. The summed E-state index contributed by atoms with van der Waals surface area (Å²) in [6.45, 7) is 4.08. The number of aromatic nitrogens is 1. The molecule has 3 amide bonds. The van der Waals surface area contributed by atoms with Gasteiger partial charge in [-0.2, -0.15) is 4.37 Å². The van der Waals surface area contributed by atoms with Gasteiger partial charge in [0.05, 0.1) is 5.69 Å². The highest BCUT2D eigenvalue weighted by molar-refractivity contribution is 7.09. The number of hydrogen-bond donors (Lipinski definition) is 4. The molecule has 0 aliphatic rings. The van der Waals surface area contributed by atoms with E-state index in [0.717, 1.165) is 28.2 Å². The molecule has 1 atom stereocenters. The van der Waals surface area contributed by atoms with E-state index >= 15 is 0 Å². The monoisotopic (exact) mass is 529 g/mol. The number of carbonyl (C=O) groups excluding carboxylic acids is 3. The van der Waals surface area contributed by atoms with Gasteiger partial charge in [0.2, 0.25) is 5.91 Å². The Morgan fingerprint density at radius 2 is 1.68 bits per heavy atom. The highest BCUT2D eigenvalue weighted by Gasteiger charge is 2.36. The lowest BCUT2D eigenvalue weighted by Gasteiger charge is -2.31. The lowest BCUT2D eigenvalue weighted by molar-refractivity contribution is -0.122. The molecule has 38 heavy (non-hydrogen) atoms. The van der Waals surface area contributed by atoms with E-state index in [0.29, 0.717) is 11.3 Å². The standard InChI is InChI=1S/C28H27N5O4S/c1-16-8-11-20(14-17(16)2)33(28(37)25-22(29)23(26(30)35)32-38-25)24(19-9-12-21(34)13-10-19)27(36)31-15-18-6-4-3-5-7-18/h3-14,24,34H,15,29H2,1-2H3,(H2,30,35)(H,31,36)/t24-/m1/s1. The fourth-order valence-corrected chi connectivity index (χ4v) is 4.70. The maximum atomic E-state index is 14.1. The van der Waals surface area contributed by atoms with Gasteiger partial charge in [-0.1, -0.05) is 48.5 Å². The second-order valence-electron chi connectivity index (χ2n) is 8.78. The van der Waals surface area contributed by atoms with Crippen molar-refractivity contribution in [1.29, 1.82) is 0 Å². The molecule has 0 radical (unpaired) electrons. The van der Waals surface area contributed by atoms with Gasteiger partial charge >= 0.3 is 0 Å². The molecule has 1 aromatic heterocycles. The fourth-order valence-electron chi connectivity index (χ4n) is 3.95. The molecule has 0 bridgehead atoms. The summed E-state index contributed by atoms with van der Waals surface area (Å²) in [6.07, 6.45) is 0. The van der Waals surface area contributed by atoms with Crippen LogP contribution in [0.5, 0.6) is 5.75 Å². The van der Waals surface area contributed by atoms with Crippen LogP contribution in [0.3, 0.4) is 0 Å². The number of nitrogen functional groups attached to an aromatic ring is 1. The van der Waals surface area contributed by atoms with Gasteiger partial charge in [-0.15, -0.1) is 0 Å². The molecule has 0 saturated carbocycles. The predicted molar refractivity (Wildman–Crippen MR) is 147 cm³/mol. The van der Waals surface area contributed by atoms with Crippen molar-refractivity contribution in [3.8, 4) is 5.75 Å². The van der Waals surface area contributed by atoms with Crippen LogP contribution in [-0.2, 0) is 11.3 Å². The van der Waals surface area contributed by atoms with Crippen molar-refractivity contribution in [2.45, 2.75) is 26.4 Å². The molecular weight excluding hydrogens is 502 g/mol. The highest BCUT2D eigenvalue weighted by atomic mass is 32.1. The molecule has 1 heterocycles. The number of phenols is 1. The predicted octanol–water partition coefficient (Wildman–Crippen LogP) is 3.85. The topological polar surface area (TPSA) is 152 Å². The van der Waals surface area contributed by atoms with Crippen molar-refractivity contribution in [2.75, 3.05) is 10.6 Å². The Hall–Kier alpha value is -4.70. The number of amides is 3. The molecule has 4 aromatic rings. The molecule has 0 spiro atoms. The van der Waals surface area contributed by atoms with Crippen LogP contribution in [0.2, 0.25) is 0 Å². The minimum atomic E-state index is -1.15. The van der Waals surface area contributed by atoms with E-state index < -0.39 is 23.8 Å². The first-order valence-corrected chi connectivity index (χ1v) is 12.5. The molecule has 3 aromatic carbocycles. The second kappa shape index (κ2) is 11.1. The first-order chi connectivity index (χ1) is 18.2. The SMILES string of the molecule is Cc1ccc(N(C(=O)c2snc(C(N)=O)c2N)[C@@H](C(=O)NCc2ccccc2)c2ccc(O)cc2)cc1C. The van der Waals surface area contributed by atoms with Gasteiger partial charge in [-0.3, -0.25) is 19.3 Å². The lowest BCUT2D eigenvalue weighted by atomic mass is 10.0. The highest BCUT2D eigenvalue weighted by Crippen LogP contribution is 2.34. The molecule has 0 fully saturated rings. The van der Waals surface area contributed by atoms with Crippen molar-refractivity contribution in [1.82, 2.24) is 9.69 Å². The van der Waals surface area contributed by atoms with Crippen molar-refractivity contribution < 1.29 is 19.5 Å². The van der Waals surface area contributed by atoms with Crippen LogP contribution in [0.25, 0.3) is 0 Å². The molecule has 10 heteroatoms. The van der Waals surface area contributed by atoms with E-state index in [1.807, 2.05) is 50.2 Å². The van der Waals surface area contributed by atoms with E-state index in [9.17, 15) is 19.5 Å². The summed E-state index contributed by atoms with van der Waals surface area (Å²) >= 11 is 0.741.